The lowest BCUT2D eigenvalue weighted by molar-refractivity contribution is 0.523. The molecule has 3 heteroatoms. The Balaban J connectivity index is 1.68. The molecule has 4 aromatic rings. The summed E-state index contributed by atoms with van der Waals surface area (Å²) >= 11 is 0. The summed E-state index contributed by atoms with van der Waals surface area (Å²) in [5.74, 6) is 0. The Morgan fingerprint density at radius 2 is 1.57 bits per heavy atom. The summed E-state index contributed by atoms with van der Waals surface area (Å²) in [6.07, 6.45) is 4.68. The van der Waals surface area contributed by atoms with Crippen LogP contribution in [-0.2, 0) is 17.3 Å². The van der Waals surface area contributed by atoms with Crippen LogP contribution in [0.1, 0.15) is 51.4 Å². The van der Waals surface area contributed by atoms with Crippen molar-refractivity contribution in [3.05, 3.63) is 77.7 Å². The Labute approximate surface area is 166 Å². The molecule has 0 saturated carbocycles. The molecule has 0 atom stereocenters. The van der Waals surface area contributed by atoms with Gasteiger partial charge in [0.15, 0.2) is 0 Å². The number of aromatic nitrogens is 3. The van der Waals surface area contributed by atoms with E-state index in [1.165, 1.54) is 16.5 Å². The third-order valence-corrected chi connectivity index (χ3v) is 5.41. The van der Waals surface area contributed by atoms with E-state index in [9.17, 15) is 0 Å². The maximum atomic E-state index is 4.88. The lowest BCUT2D eigenvalue weighted by atomic mass is 9.79. The van der Waals surface area contributed by atoms with Crippen molar-refractivity contribution in [1.82, 2.24) is 15.0 Å². The van der Waals surface area contributed by atoms with Crippen molar-refractivity contribution in [2.24, 2.45) is 0 Å². The van der Waals surface area contributed by atoms with Crippen LogP contribution in [0.15, 0.2) is 60.9 Å². The van der Waals surface area contributed by atoms with E-state index in [1.807, 2.05) is 18.5 Å². The van der Waals surface area contributed by atoms with Gasteiger partial charge in [-0.15, -0.1) is 0 Å². The molecule has 4 rings (SSSR count). The average Bonchev–Trinajstić information content (AvgIpc) is 2.66. The number of benzene rings is 2. The maximum absolute atomic E-state index is 4.88. The third-order valence-electron chi connectivity index (χ3n) is 5.41. The molecule has 0 spiro atoms. The van der Waals surface area contributed by atoms with E-state index in [2.05, 4.69) is 87.1 Å². The molecule has 28 heavy (non-hydrogen) atoms. The largest absolute Gasteiger partial charge is 0.256 e. The minimum absolute atomic E-state index is 0.00437. The first-order valence-corrected chi connectivity index (χ1v) is 9.84. The average molecular weight is 370 g/mol. The molecular weight excluding hydrogens is 342 g/mol. The lowest BCUT2D eigenvalue weighted by Crippen LogP contribution is -2.20. The molecule has 0 aliphatic heterocycles. The van der Waals surface area contributed by atoms with E-state index in [4.69, 9.17) is 4.98 Å². The second kappa shape index (κ2) is 6.66. The van der Waals surface area contributed by atoms with Crippen LogP contribution in [0.5, 0.6) is 0 Å². The zero-order chi connectivity index (χ0) is 19.9. The quantitative estimate of drug-likeness (QED) is 0.445. The second-order valence-corrected chi connectivity index (χ2v) is 9.30. The number of fused-ring (bicyclic) bond motifs is 2. The molecule has 0 fully saturated rings. The standard InChI is InChI=1S/C25H27N3/c1-24(2,3)23-16-27-21-10-8-17(13-22(21)28-23)15-25(4,5)19-9-11-20-18(14-19)7-6-12-26-20/h6-14,16H,15H2,1-5H3. The second-order valence-electron chi connectivity index (χ2n) is 9.30. The fourth-order valence-corrected chi connectivity index (χ4v) is 3.64. The first-order valence-electron chi connectivity index (χ1n) is 9.84. The number of hydrogen-bond donors (Lipinski definition) is 0. The van der Waals surface area contributed by atoms with Gasteiger partial charge in [-0.2, -0.15) is 0 Å². The van der Waals surface area contributed by atoms with Gasteiger partial charge in [0.2, 0.25) is 0 Å². The Morgan fingerprint density at radius 1 is 0.786 bits per heavy atom. The molecule has 2 aromatic heterocycles. The number of rotatable bonds is 3. The molecular formula is C25H27N3. The highest BCUT2D eigenvalue weighted by Crippen LogP contribution is 2.31. The van der Waals surface area contributed by atoms with E-state index in [0.717, 1.165) is 28.7 Å². The molecule has 3 nitrogen and oxygen atoms in total. The van der Waals surface area contributed by atoms with E-state index in [0.29, 0.717) is 0 Å². The summed E-state index contributed by atoms with van der Waals surface area (Å²) in [5.41, 5.74) is 6.60. The number of hydrogen-bond acceptors (Lipinski definition) is 3. The van der Waals surface area contributed by atoms with Crippen LogP contribution in [0.3, 0.4) is 0 Å². The first kappa shape index (κ1) is 18.5. The Bertz CT molecular complexity index is 1150. The Kier molecular flexibility index (Phi) is 4.41. The van der Waals surface area contributed by atoms with Gasteiger partial charge in [-0.1, -0.05) is 52.8 Å². The number of pyridine rings is 1. The molecule has 0 bridgehead atoms. The zero-order valence-corrected chi connectivity index (χ0v) is 17.3. The summed E-state index contributed by atoms with van der Waals surface area (Å²) < 4.78 is 0. The minimum atomic E-state index is -0.00437. The van der Waals surface area contributed by atoms with Crippen LogP contribution in [0.4, 0.5) is 0 Å². The van der Waals surface area contributed by atoms with Gasteiger partial charge in [0, 0.05) is 23.2 Å². The SMILES string of the molecule is CC(C)(C)c1cnc2ccc(CC(C)(C)c3ccc4ncccc4c3)cc2n1. The van der Waals surface area contributed by atoms with Crippen LogP contribution in [0.2, 0.25) is 0 Å². The third kappa shape index (κ3) is 3.62. The zero-order valence-electron chi connectivity index (χ0n) is 17.3. The lowest BCUT2D eigenvalue weighted by Gasteiger charge is -2.26. The van der Waals surface area contributed by atoms with Gasteiger partial charge in [0.25, 0.3) is 0 Å². The molecule has 0 aliphatic carbocycles. The van der Waals surface area contributed by atoms with Crippen LogP contribution in [0, 0.1) is 0 Å². The normalized spacial score (nSPS) is 12.6. The highest BCUT2D eigenvalue weighted by Gasteiger charge is 2.22. The number of nitrogens with zero attached hydrogens (tertiary/aromatic N) is 3. The topological polar surface area (TPSA) is 38.7 Å². The molecule has 0 N–H and O–H groups in total. The maximum Gasteiger partial charge on any atom is 0.0893 e. The molecule has 142 valence electrons. The van der Waals surface area contributed by atoms with Gasteiger partial charge in [0.1, 0.15) is 0 Å². The Morgan fingerprint density at radius 3 is 2.36 bits per heavy atom. The van der Waals surface area contributed by atoms with Crippen molar-refractivity contribution >= 4 is 21.9 Å². The fraction of sp³-hybridized carbons (Fsp3) is 0.320. The molecule has 0 aliphatic rings. The molecule has 0 unspecified atom stereocenters. The highest BCUT2D eigenvalue weighted by molar-refractivity contribution is 5.79. The molecule has 0 saturated heterocycles. The van der Waals surface area contributed by atoms with Crippen LogP contribution in [0.25, 0.3) is 21.9 Å². The Hall–Kier alpha value is -2.81. The van der Waals surface area contributed by atoms with E-state index >= 15 is 0 Å². The predicted molar refractivity (Wildman–Crippen MR) is 117 cm³/mol. The molecule has 2 aromatic carbocycles. The summed E-state index contributed by atoms with van der Waals surface area (Å²) in [6, 6.07) is 17.2. The van der Waals surface area contributed by atoms with E-state index in [1.54, 1.807) is 0 Å². The molecule has 2 heterocycles. The minimum Gasteiger partial charge on any atom is -0.256 e. The van der Waals surface area contributed by atoms with Crippen LogP contribution in [-0.4, -0.2) is 15.0 Å². The smallest absolute Gasteiger partial charge is 0.0893 e. The first-order chi connectivity index (χ1) is 13.2. The fourth-order valence-electron chi connectivity index (χ4n) is 3.64. The van der Waals surface area contributed by atoms with E-state index in [-0.39, 0.29) is 10.8 Å². The van der Waals surface area contributed by atoms with Crippen molar-refractivity contribution < 1.29 is 0 Å². The van der Waals surface area contributed by atoms with Crippen molar-refractivity contribution in [3.63, 3.8) is 0 Å². The van der Waals surface area contributed by atoms with Crippen molar-refractivity contribution in [3.8, 4) is 0 Å². The van der Waals surface area contributed by atoms with Gasteiger partial charge in [-0.3, -0.25) is 9.97 Å². The van der Waals surface area contributed by atoms with E-state index < -0.39 is 0 Å². The summed E-state index contributed by atoms with van der Waals surface area (Å²) in [7, 11) is 0. The predicted octanol–water partition coefficient (Wildman–Crippen LogP) is 6.00. The summed E-state index contributed by atoms with van der Waals surface area (Å²) in [5, 5.41) is 1.19. The molecule has 0 amide bonds. The van der Waals surface area contributed by atoms with Gasteiger partial charge in [0.05, 0.1) is 22.2 Å². The highest BCUT2D eigenvalue weighted by atomic mass is 14.8. The summed E-state index contributed by atoms with van der Waals surface area (Å²) in [4.78, 5) is 13.9. The van der Waals surface area contributed by atoms with Crippen LogP contribution < -0.4 is 0 Å². The summed E-state index contributed by atoms with van der Waals surface area (Å²) in [6.45, 7) is 11.1. The van der Waals surface area contributed by atoms with Gasteiger partial charge in [-0.25, -0.2) is 4.98 Å². The van der Waals surface area contributed by atoms with Crippen molar-refractivity contribution in [1.29, 1.82) is 0 Å². The van der Waals surface area contributed by atoms with Gasteiger partial charge in [-0.05, 0) is 53.3 Å². The van der Waals surface area contributed by atoms with Crippen molar-refractivity contribution in [2.75, 3.05) is 0 Å². The van der Waals surface area contributed by atoms with Gasteiger partial charge < -0.3 is 0 Å². The van der Waals surface area contributed by atoms with Crippen molar-refractivity contribution in [2.45, 2.75) is 51.9 Å². The monoisotopic (exact) mass is 369 g/mol. The van der Waals surface area contributed by atoms with Gasteiger partial charge >= 0.3 is 0 Å². The molecule has 0 radical (unpaired) electrons. The van der Waals surface area contributed by atoms with Crippen LogP contribution >= 0.6 is 0 Å².